The Kier molecular flexibility index (Phi) is 3.41. The van der Waals surface area contributed by atoms with Gasteiger partial charge in [0, 0.05) is 6.54 Å². The van der Waals surface area contributed by atoms with Crippen LogP contribution in [0.3, 0.4) is 0 Å². The van der Waals surface area contributed by atoms with Crippen molar-refractivity contribution in [2.75, 3.05) is 18.0 Å². The Morgan fingerprint density at radius 3 is 2.45 bits per heavy atom. The zero-order chi connectivity index (χ0) is 16.0. The highest BCUT2D eigenvalue weighted by atomic mass is 19.3. The molecule has 0 aromatic carbocycles. The predicted octanol–water partition coefficient (Wildman–Crippen LogP) is 2.11. The van der Waals surface area contributed by atoms with E-state index < -0.39 is 24.9 Å². The lowest BCUT2D eigenvalue weighted by molar-refractivity contribution is -0.172. The minimum Gasteiger partial charge on any atom is -0.342 e. The fourth-order valence-corrected chi connectivity index (χ4v) is 2.39. The molecule has 0 aliphatic carbocycles. The molecule has 1 fully saturated rings. The summed E-state index contributed by atoms with van der Waals surface area (Å²) >= 11 is 0. The molecule has 3 rings (SSSR count). The number of aromatic nitrogens is 5. The maximum absolute atomic E-state index is 13.4. The van der Waals surface area contributed by atoms with E-state index in [4.69, 9.17) is 0 Å². The van der Waals surface area contributed by atoms with Crippen molar-refractivity contribution in [2.24, 2.45) is 0 Å². The molecule has 6 nitrogen and oxygen atoms in total. The fourth-order valence-electron chi connectivity index (χ4n) is 2.39. The van der Waals surface area contributed by atoms with Gasteiger partial charge in [0.1, 0.15) is 6.33 Å². The zero-order valence-corrected chi connectivity index (χ0v) is 11.8. The van der Waals surface area contributed by atoms with Crippen LogP contribution < -0.4 is 4.90 Å². The lowest BCUT2D eigenvalue weighted by Crippen LogP contribution is -2.38. The Labute approximate surface area is 123 Å². The van der Waals surface area contributed by atoms with E-state index in [1.165, 1.54) is 4.68 Å². The summed E-state index contributed by atoms with van der Waals surface area (Å²) in [6.07, 6.45) is 2.93. The van der Waals surface area contributed by atoms with E-state index in [0.717, 1.165) is 24.1 Å². The molecule has 0 spiro atoms. The Bertz CT molecular complexity index is 669. The summed E-state index contributed by atoms with van der Waals surface area (Å²) < 4.78 is 54.9. The molecular formula is C12H14F4N6. The number of rotatable bonds is 4. The normalized spacial score (nSPS) is 20.0. The van der Waals surface area contributed by atoms with E-state index in [1.807, 2.05) is 6.92 Å². The van der Waals surface area contributed by atoms with Gasteiger partial charge >= 0.3 is 11.8 Å². The molecule has 2 aromatic rings. The Morgan fingerprint density at radius 1 is 1.14 bits per heavy atom. The van der Waals surface area contributed by atoms with Crippen LogP contribution in [-0.4, -0.2) is 49.9 Å². The number of alkyl halides is 4. The van der Waals surface area contributed by atoms with Gasteiger partial charge in [0.2, 0.25) is 0 Å². The Balaban J connectivity index is 1.97. The lowest BCUT2D eigenvalue weighted by atomic mass is 10.2. The molecule has 0 radical (unpaired) electrons. The smallest absolute Gasteiger partial charge is 0.329 e. The average Bonchev–Trinajstić information content (AvgIpc) is 2.95. The number of aryl methyl sites for hydroxylation is 1. The first kappa shape index (κ1) is 14.9. The molecule has 0 bridgehead atoms. The van der Waals surface area contributed by atoms with Crippen molar-refractivity contribution >= 4 is 17.0 Å². The van der Waals surface area contributed by atoms with Gasteiger partial charge in [0.05, 0.1) is 13.1 Å². The van der Waals surface area contributed by atoms with Crippen LogP contribution in [0.5, 0.6) is 0 Å². The highest BCUT2D eigenvalue weighted by Crippen LogP contribution is 2.42. The largest absolute Gasteiger partial charge is 0.342 e. The first-order valence-corrected chi connectivity index (χ1v) is 6.90. The van der Waals surface area contributed by atoms with Crippen LogP contribution in [0.1, 0.15) is 19.8 Å². The van der Waals surface area contributed by atoms with Gasteiger partial charge in [-0.15, -0.1) is 5.10 Å². The van der Waals surface area contributed by atoms with E-state index in [9.17, 15) is 17.6 Å². The second kappa shape index (κ2) is 5.03. The fraction of sp³-hybridized carbons (Fsp3) is 0.667. The predicted molar refractivity (Wildman–Crippen MR) is 70.1 cm³/mol. The highest BCUT2D eigenvalue weighted by molar-refractivity contribution is 5.82. The van der Waals surface area contributed by atoms with E-state index in [0.29, 0.717) is 12.2 Å². The van der Waals surface area contributed by atoms with Gasteiger partial charge in [0.15, 0.2) is 17.0 Å². The van der Waals surface area contributed by atoms with Crippen LogP contribution in [0.15, 0.2) is 6.33 Å². The summed E-state index contributed by atoms with van der Waals surface area (Å²) in [6, 6.07) is 0. The van der Waals surface area contributed by atoms with Crippen LogP contribution in [0.25, 0.3) is 11.2 Å². The molecule has 0 saturated carbocycles. The van der Waals surface area contributed by atoms with Crippen molar-refractivity contribution in [3.63, 3.8) is 0 Å². The summed E-state index contributed by atoms with van der Waals surface area (Å²) in [7, 11) is 0. The van der Waals surface area contributed by atoms with Gasteiger partial charge in [-0.25, -0.2) is 14.6 Å². The minimum absolute atomic E-state index is 0.0374. The van der Waals surface area contributed by atoms with Crippen molar-refractivity contribution in [1.82, 2.24) is 25.0 Å². The molecule has 3 heterocycles. The summed E-state index contributed by atoms with van der Waals surface area (Å²) in [4.78, 5) is 8.71. The van der Waals surface area contributed by atoms with E-state index >= 15 is 0 Å². The maximum atomic E-state index is 13.4. The number of unbranched alkanes of at least 4 members (excludes halogenated alkanes) is 1. The van der Waals surface area contributed by atoms with Crippen molar-refractivity contribution < 1.29 is 17.6 Å². The van der Waals surface area contributed by atoms with Crippen molar-refractivity contribution in [2.45, 2.75) is 38.2 Å². The van der Waals surface area contributed by atoms with Crippen LogP contribution in [-0.2, 0) is 6.54 Å². The summed E-state index contributed by atoms with van der Waals surface area (Å²) in [5.74, 6) is -8.23. The molecule has 22 heavy (non-hydrogen) atoms. The molecular weight excluding hydrogens is 304 g/mol. The summed E-state index contributed by atoms with van der Waals surface area (Å²) in [5.41, 5.74) is 0.518. The third-order valence-electron chi connectivity index (χ3n) is 3.62. The van der Waals surface area contributed by atoms with E-state index in [1.54, 1.807) is 0 Å². The molecule has 1 saturated heterocycles. The quantitative estimate of drug-likeness (QED) is 0.808. The number of halogens is 4. The third-order valence-corrected chi connectivity index (χ3v) is 3.62. The third kappa shape index (κ3) is 2.26. The van der Waals surface area contributed by atoms with Crippen molar-refractivity contribution in [1.29, 1.82) is 0 Å². The molecule has 0 unspecified atom stereocenters. The molecule has 2 aromatic heterocycles. The number of fused-ring (bicyclic) bond motifs is 1. The Hall–Kier alpha value is -2.00. The molecule has 0 N–H and O–H groups in total. The molecule has 0 atom stereocenters. The number of hydrogen-bond donors (Lipinski definition) is 0. The van der Waals surface area contributed by atoms with Gasteiger partial charge < -0.3 is 4.90 Å². The standard InChI is InChI=1S/C12H14F4N6/c1-2-3-4-22-10-8(19-20-22)9(17-7-18-10)21-5-11(13,14)12(15,16)6-21/h7H,2-6H2,1H3. The van der Waals surface area contributed by atoms with Gasteiger partial charge in [0.25, 0.3) is 0 Å². The van der Waals surface area contributed by atoms with Crippen LogP contribution >= 0.6 is 0 Å². The maximum Gasteiger partial charge on any atom is 0.329 e. The lowest BCUT2D eigenvalue weighted by Gasteiger charge is -2.15. The van der Waals surface area contributed by atoms with Crippen molar-refractivity contribution in [3.8, 4) is 0 Å². The Morgan fingerprint density at radius 2 is 1.82 bits per heavy atom. The average molecular weight is 318 g/mol. The molecule has 10 heteroatoms. The van der Waals surface area contributed by atoms with Crippen molar-refractivity contribution in [3.05, 3.63) is 6.33 Å². The van der Waals surface area contributed by atoms with Gasteiger partial charge in [-0.2, -0.15) is 17.6 Å². The van der Waals surface area contributed by atoms with Crippen LogP contribution in [0, 0.1) is 0 Å². The van der Waals surface area contributed by atoms with Gasteiger partial charge in [-0.1, -0.05) is 18.6 Å². The van der Waals surface area contributed by atoms with Crippen LogP contribution in [0.4, 0.5) is 23.4 Å². The zero-order valence-electron chi connectivity index (χ0n) is 11.8. The molecule has 1 aliphatic rings. The number of hydrogen-bond acceptors (Lipinski definition) is 5. The molecule has 1 aliphatic heterocycles. The first-order valence-electron chi connectivity index (χ1n) is 6.90. The van der Waals surface area contributed by atoms with E-state index in [2.05, 4.69) is 20.3 Å². The monoisotopic (exact) mass is 318 g/mol. The SMILES string of the molecule is CCCCn1nnc2c(N3CC(F)(F)C(F)(F)C3)ncnc21. The number of anilines is 1. The van der Waals surface area contributed by atoms with Crippen LogP contribution in [0.2, 0.25) is 0 Å². The summed E-state index contributed by atoms with van der Waals surface area (Å²) in [5, 5.41) is 7.77. The first-order chi connectivity index (χ1) is 10.4. The highest BCUT2D eigenvalue weighted by Gasteiger charge is 2.63. The second-order valence-corrected chi connectivity index (χ2v) is 5.30. The number of nitrogens with zero attached hydrogens (tertiary/aromatic N) is 6. The van der Waals surface area contributed by atoms with Gasteiger partial charge in [-0.3, -0.25) is 0 Å². The minimum atomic E-state index is -4.09. The summed E-state index contributed by atoms with van der Waals surface area (Å²) in [6.45, 7) is 0.367. The van der Waals surface area contributed by atoms with E-state index in [-0.39, 0.29) is 11.3 Å². The van der Waals surface area contributed by atoms with Gasteiger partial charge in [-0.05, 0) is 6.42 Å². The topological polar surface area (TPSA) is 59.7 Å². The second-order valence-electron chi connectivity index (χ2n) is 5.30. The molecule has 120 valence electrons. The molecule has 0 amide bonds.